The number of hydrogen-bond acceptors (Lipinski definition) is 4. The second-order valence-electron chi connectivity index (χ2n) is 5.50. The van der Waals surface area contributed by atoms with Crippen molar-refractivity contribution in [3.05, 3.63) is 22.2 Å². The molecule has 11 heteroatoms. The number of nitrogens with one attached hydrogen (secondary N) is 2. The maximum Gasteiger partial charge on any atom is 0.492 e. The standard InChI is InChI=1S/C14H13Cl2F3N2O4/c15-8-4-10-11(5-9(8)16)25-14(24-10,13(17,18)19)21-12(22)20-6-7-2-1-3-23-7/h4-5,7H,1-3,6H2,(H2,20,21,22)/t7-/m1/s1. The van der Waals surface area contributed by atoms with Gasteiger partial charge in [0.15, 0.2) is 11.5 Å². The normalized spacial score (nSPS) is 21.2. The molecule has 0 radical (unpaired) electrons. The van der Waals surface area contributed by atoms with Gasteiger partial charge in [-0.3, -0.25) is 5.32 Å². The molecule has 2 N–H and O–H groups in total. The summed E-state index contributed by atoms with van der Waals surface area (Å²) < 4.78 is 55.5. The fourth-order valence-corrected chi connectivity index (χ4v) is 2.75. The van der Waals surface area contributed by atoms with E-state index in [1.165, 1.54) is 0 Å². The second-order valence-corrected chi connectivity index (χ2v) is 6.32. The molecule has 1 fully saturated rings. The van der Waals surface area contributed by atoms with Crippen LogP contribution in [-0.2, 0) is 4.74 Å². The number of carbonyl (C=O) groups is 1. The number of amides is 2. The maximum absolute atomic E-state index is 13.5. The van der Waals surface area contributed by atoms with Crippen LogP contribution in [0.25, 0.3) is 0 Å². The molecular formula is C14H13Cl2F3N2O4. The molecule has 6 nitrogen and oxygen atoms in total. The average Bonchev–Trinajstić information content (AvgIpc) is 3.13. The van der Waals surface area contributed by atoms with E-state index in [9.17, 15) is 18.0 Å². The van der Waals surface area contributed by atoms with Crippen LogP contribution in [-0.4, -0.2) is 37.4 Å². The van der Waals surface area contributed by atoms with Crippen LogP contribution in [0.3, 0.4) is 0 Å². The van der Waals surface area contributed by atoms with Gasteiger partial charge >= 0.3 is 18.1 Å². The summed E-state index contributed by atoms with van der Waals surface area (Å²) in [5, 5.41) is 3.97. The van der Waals surface area contributed by atoms with Crippen molar-refractivity contribution < 1.29 is 32.2 Å². The Bertz CT molecular complexity index is 650. The number of fused-ring (bicyclic) bond motifs is 1. The minimum Gasteiger partial charge on any atom is -0.424 e. The van der Waals surface area contributed by atoms with E-state index in [2.05, 4.69) is 5.32 Å². The molecule has 1 atom stereocenters. The lowest BCUT2D eigenvalue weighted by molar-refractivity contribution is -0.317. The molecule has 25 heavy (non-hydrogen) atoms. The first-order chi connectivity index (χ1) is 11.7. The third-order valence-corrected chi connectivity index (χ3v) is 4.38. The molecule has 0 aliphatic carbocycles. The van der Waals surface area contributed by atoms with E-state index in [-0.39, 0.29) is 34.2 Å². The third-order valence-electron chi connectivity index (χ3n) is 3.66. The Morgan fingerprint density at radius 2 is 1.84 bits per heavy atom. The van der Waals surface area contributed by atoms with Crippen molar-refractivity contribution in [2.24, 2.45) is 0 Å². The summed E-state index contributed by atoms with van der Waals surface area (Å²) >= 11 is 11.5. The zero-order chi connectivity index (χ0) is 18.2. The molecule has 0 saturated carbocycles. The predicted molar refractivity (Wildman–Crippen MR) is 82.0 cm³/mol. The zero-order valence-electron chi connectivity index (χ0n) is 12.6. The monoisotopic (exact) mass is 400 g/mol. The molecule has 2 aliphatic heterocycles. The Balaban J connectivity index is 1.73. The van der Waals surface area contributed by atoms with Gasteiger partial charge in [-0.15, -0.1) is 0 Å². The van der Waals surface area contributed by atoms with Crippen LogP contribution < -0.4 is 20.1 Å². The maximum atomic E-state index is 13.5. The largest absolute Gasteiger partial charge is 0.492 e. The van der Waals surface area contributed by atoms with Gasteiger partial charge in [0.05, 0.1) is 16.1 Å². The van der Waals surface area contributed by atoms with E-state index in [0.29, 0.717) is 6.61 Å². The summed E-state index contributed by atoms with van der Waals surface area (Å²) in [5.74, 6) is -3.94. The Hall–Kier alpha value is -1.58. The van der Waals surface area contributed by atoms with Crippen molar-refractivity contribution in [3.63, 3.8) is 0 Å². The highest BCUT2D eigenvalue weighted by Gasteiger charge is 2.65. The van der Waals surface area contributed by atoms with Crippen LogP contribution >= 0.6 is 23.2 Å². The molecule has 2 heterocycles. The molecule has 138 valence electrons. The van der Waals surface area contributed by atoms with Crippen molar-refractivity contribution >= 4 is 29.2 Å². The van der Waals surface area contributed by atoms with E-state index in [4.69, 9.17) is 37.4 Å². The van der Waals surface area contributed by atoms with Crippen LogP contribution in [0.1, 0.15) is 12.8 Å². The summed E-state index contributed by atoms with van der Waals surface area (Å²) in [6.45, 7) is 0.633. The third kappa shape index (κ3) is 3.68. The minimum atomic E-state index is -5.06. The Morgan fingerprint density at radius 3 is 2.32 bits per heavy atom. The Labute approximate surface area is 150 Å². The summed E-state index contributed by atoms with van der Waals surface area (Å²) in [7, 11) is 0. The number of halogens is 5. The first-order valence-electron chi connectivity index (χ1n) is 7.31. The highest BCUT2D eigenvalue weighted by molar-refractivity contribution is 6.42. The van der Waals surface area contributed by atoms with Crippen molar-refractivity contribution in [3.8, 4) is 11.5 Å². The smallest absolute Gasteiger partial charge is 0.424 e. The highest BCUT2D eigenvalue weighted by atomic mass is 35.5. The fourth-order valence-electron chi connectivity index (χ4n) is 2.44. The van der Waals surface area contributed by atoms with Crippen LogP contribution in [0.4, 0.5) is 18.0 Å². The lowest BCUT2D eigenvalue weighted by atomic mass is 10.2. The SMILES string of the molecule is O=C(NC[C@H]1CCCO1)NC1(C(F)(F)F)Oc2cc(Cl)c(Cl)cc2O1. The molecule has 1 saturated heterocycles. The molecule has 0 spiro atoms. The topological polar surface area (TPSA) is 68.8 Å². The number of urea groups is 1. The van der Waals surface area contributed by atoms with E-state index >= 15 is 0 Å². The summed E-state index contributed by atoms with van der Waals surface area (Å²) in [4.78, 5) is 11.9. The summed E-state index contributed by atoms with van der Waals surface area (Å²) in [6.07, 6.45) is -3.73. The number of rotatable bonds is 3. The molecule has 3 rings (SSSR count). The van der Waals surface area contributed by atoms with Crippen molar-refractivity contribution in [2.45, 2.75) is 31.0 Å². The fraction of sp³-hybridized carbons (Fsp3) is 0.500. The molecule has 2 amide bonds. The minimum absolute atomic E-state index is 0.00942. The van der Waals surface area contributed by atoms with Crippen LogP contribution in [0, 0.1) is 0 Å². The van der Waals surface area contributed by atoms with Gasteiger partial charge < -0.3 is 19.5 Å². The van der Waals surface area contributed by atoms with E-state index in [0.717, 1.165) is 25.0 Å². The van der Waals surface area contributed by atoms with Gasteiger partial charge in [0.2, 0.25) is 0 Å². The second kappa shape index (κ2) is 6.62. The van der Waals surface area contributed by atoms with E-state index in [1.807, 2.05) is 0 Å². The summed E-state index contributed by atoms with van der Waals surface area (Å²) in [6, 6.07) is 1.05. The highest BCUT2D eigenvalue weighted by Crippen LogP contribution is 2.47. The number of ether oxygens (including phenoxy) is 3. The molecule has 0 unspecified atom stereocenters. The molecule has 0 bridgehead atoms. The number of alkyl halides is 3. The van der Waals surface area contributed by atoms with Crippen molar-refractivity contribution in [2.75, 3.05) is 13.2 Å². The first kappa shape index (κ1) is 18.2. The molecule has 2 aliphatic rings. The van der Waals surface area contributed by atoms with Gasteiger partial charge in [-0.2, -0.15) is 13.2 Å². The van der Waals surface area contributed by atoms with Gasteiger partial charge in [0.25, 0.3) is 0 Å². The van der Waals surface area contributed by atoms with E-state index < -0.39 is 18.1 Å². The predicted octanol–water partition coefficient (Wildman–Crippen LogP) is 3.46. The molecule has 1 aromatic rings. The first-order valence-corrected chi connectivity index (χ1v) is 8.07. The average molecular weight is 401 g/mol. The molecule has 0 aromatic heterocycles. The zero-order valence-corrected chi connectivity index (χ0v) is 14.1. The van der Waals surface area contributed by atoms with Gasteiger partial charge in [-0.05, 0) is 12.8 Å². The van der Waals surface area contributed by atoms with Gasteiger partial charge in [0.1, 0.15) is 0 Å². The number of carbonyl (C=O) groups excluding carboxylic acids is 1. The Kier molecular flexibility index (Phi) is 4.82. The lowest BCUT2D eigenvalue weighted by Crippen LogP contribution is -2.66. The summed E-state index contributed by atoms with van der Waals surface area (Å²) in [5.41, 5.74) is 0. The van der Waals surface area contributed by atoms with E-state index in [1.54, 1.807) is 5.32 Å². The van der Waals surface area contributed by atoms with Crippen LogP contribution in [0.15, 0.2) is 12.1 Å². The lowest BCUT2D eigenvalue weighted by Gasteiger charge is -2.29. The van der Waals surface area contributed by atoms with Gasteiger partial charge in [0, 0.05) is 25.3 Å². The number of benzene rings is 1. The van der Waals surface area contributed by atoms with Gasteiger partial charge in [-0.1, -0.05) is 23.2 Å². The van der Waals surface area contributed by atoms with Gasteiger partial charge in [-0.25, -0.2) is 4.79 Å². The van der Waals surface area contributed by atoms with Crippen molar-refractivity contribution in [1.29, 1.82) is 0 Å². The van der Waals surface area contributed by atoms with Crippen LogP contribution in [0.5, 0.6) is 11.5 Å². The molecular weight excluding hydrogens is 388 g/mol. The van der Waals surface area contributed by atoms with Crippen LogP contribution in [0.2, 0.25) is 10.0 Å². The number of hydrogen-bond donors (Lipinski definition) is 2. The quantitative estimate of drug-likeness (QED) is 0.814. The van der Waals surface area contributed by atoms with Crippen molar-refractivity contribution in [1.82, 2.24) is 10.6 Å². The Morgan fingerprint density at radius 1 is 1.24 bits per heavy atom. The molecule has 1 aromatic carbocycles.